The van der Waals surface area contributed by atoms with E-state index in [1.165, 1.54) is 11.8 Å². The van der Waals surface area contributed by atoms with Crippen LogP contribution in [0.25, 0.3) is 22.6 Å². The summed E-state index contributed by atoms with van der Waals surface area (Å²) >= 11 is 1.31. The summed E-state index contributed by atoms with van der Waals surface area (Å²) < 4.78 is 7.65. The highest BCUT2D eigenvalue weighted by Gasteiger charge is 2.16. The van der Waals surface area contributed by atoms with Crippen LogP contribution in [0.2, 0.25) is 0 Å². The van der Waals surface area contributed by atoms with E-state index in [9.17, 15) is 4.79 Å². The van der Waals surface area contributed by atoms with Crippen molar-refractivity contribution in [2.45, 2.75) is 5.16 Å². The summed E-state index contributed by atoms with van der Waals surface area (Å²) in [4.78, 5) is 16.0. The lowest BCUT2D eigenvalue weighted by atomic mass is 10.2. The van der Waals surface area contributed by atoms with Gasteiger partial charge in [0, 0.05) is 18.6 Å². The van der Waals surface area contributed by atoms with E-state index in [1.807, 2.05) is 41.9 Å². The maximum atomic E-state index is 12.1. The Bertz CT molecular complexity index is 1020. The number of amides is 1. The third-order valence-corrected chi connectivity index (χ3v) is 4.78. The van der Waals surface area contributed by atoms with Gasteiger partial charge in [0.15, 0.2) is 16.7 Å². The van der Waals surface area contributed by atoms with Gasteiger partial charge in [0.25, 0.3) is 0 Å². The number of hydrogen-bond donors (Lipinski definition) is 1. The molecule has 3 heterocycles. The molecule has 8 heteroatoms. The standard InChI is InChI=1S/C18H15N5O2S/c1-23-17(15-9-12-5-2-3-7-14(12)25-15)21-22-18(23)26-11-16(24)20-13-6-4-8-19-10-13/h2-10H,11H2,1H3,(H,20,24). The number of rotatable bonds is 5. The second-order valence-corrected chi connectivity index (χ2v) is 6.53. The van der Waals surface area contributed by atoms with Crippen LogP contribution < -0.4 is 5.32 Å². The first kappa shape index (κ1) is 16.3. The molecule has 7 nitrogen and oxygen atoms in total. The number of anilines is 1. The number of aromatic nitrogens is 4. The summed E-state index contributed by atoms with van der Waals surface area (Å²) in [7, 11) is 1.85. The number of carbonyl (C=O) groups is 1. The third kappa shape index (κ3) is 3.31. The van der Waals surface area contributed by atoms with Gasteiger partial charge in [-0.3, -0.25) is 9.78 Å². The summed E-state index contributed by atoms with van der Waals surface area (Å²) in [6, 6.07) is 13.3. The molecule has 4 rings (SSSR count). The van der Waals surface area contributed by atoms with E-state index in [-0.39, 0.29) is 11.7 Å². The lowest BCUT2D eigenvalue weighted by molar-refractivity contribution is -0.113. The van der Waals surface area contributed by atoms with Crippen molar-refractivity contribution in [3.05, 3.63) is 54.9 Å². The topological polar surface area (TPSA) is 85.8 Å². The molecule has 0 spiro atoms. The second-order valence-electron chi connectivity index (χ2n) is 5.59. The molecule has 0 radical (unpaired) electrons. The van der Waals surface area contributed by atoms with Crippen LogP contribution in [0.15, 0.2) is 64.4 Å². The van der Waals surface area contributed by atoms with E-state index < -0.39 is 0 Å². The molecule has 1 N–H and O–H groups in total. The SMILES string of the molecule is Cn1c(SCC(=O)Nc2cccnc2)nnc1-c1cc2ccccc2o1. The van der Waals surface area contributed by atoms with Crippen LogP contribution in [0.1, 0.15) is 0 Å². The van der Waals surface area contributed by atoms with Crippen LogP contribution in [0.3, 0.4) is 0 Å². The first-order valence-electron chi connectivity index (χ1n) is 7.92. The molecule has 1 aromatic carbocycles. The van der Waals surface area contributed by atoms with Crippen molar-refractivity contribution < 1.29 is 9.21 Å². The maximum absolute atomic E-state index is 12.1. The number of pyridine rings is 1. The van der Waals surface area contributed by atoms with Crippen LogP contribution in [0, 0.1) is 0 Å². The fourth-order valence-corrected chi connectivity index (χ4v) is 3.22. The minimum absolute atomic E-state index is 0.128. The van der Waals surface area contributed by atoms with Gasteiger partial charge in [0.05, 0.1) is 17.6 Å². The fraction of sp³-hybridized carbons (Fsp3) is 0.111. The van der Waals surface area contributed by atoms with Crippen LogP contribution in [-0.2, 0) is 11.8 Å². The Balaban J connectivity index is 1.46. The normalized spacial score (nSPS) is 11.0. The molecule has 0 saturated heterocycles. The lowest BCUT2D eigenvalue weighted by Gasteiger charge is -2.04. The van der Waals surface area contributed by atoms with Crippen LogP contribution in [0.5, 0.6) is 0 Å². The molecule has 130 valence electrons. The smallest absolute Gasteiger partial charge is 0.234 e. The monoisotopic (exact) mass is 365 g/mol. The molecule has 1 amide bonds. The minimum Gasteiger partial charge on any atom is -0.453 e. The Labute approximate surface area is 153 Å². The van der Waals surface area contributed by atoms with E-state index >= 15 is 0 Å². The number of thioether (sulfide) groups is 1. The first-order chi connectivity index (χ1) is 12.7. The Kier molecular flexibility index (Phi) is 4.40. The average Bonchev–Trinajstić information content (AvgIpc) is 3.24. The van der Waals surface area contributed by atoms with Gasteiger partial charge in [0.1, 0.15) is 5.58 Å². The molecule has 0 fully saturated rings. The van der Waals surface area contributed by atoms with Gasteiger partial charge in [-0.05, 0) is 24.3 Å². The minimum atomic E-state index is -0.128. The van der Waals surface area contributed by atoms with E-state index in [0.29, 0.717) is 22.4 Å². The Morgan fingerprint density at radius 2 is 2.12 bits per heavy atom. The van der Waals surface area contributed by atoms with Crippen molar-refractivity contribution >= 4 is 34.3 Å². The highest BCUT2D eigenvalue weighted by molar-refractivity contribution is 7.99. The predicted octanol–water partition coefficient (Wildman–Crippen LogP) is 3.35. The van der Waals surface area contributed by atoms with Crippen molar-refractivity contribution in [1.29, 1.82) is 0 Å². The first-order valence-corrected chi connectivity index (χ1v) is 8.90. The summed E-state index contributed by atoms with van der Waals surface area (Å²) in [5.41, 5.74) is 1.47. The number of fused-ring (bicyclic) bond motifs is 1. The zero-order chi connectivity index (χ0) is 17.9. The number of para-hydroxylation sites is 1. The highest BCUT2D eigenvalue weighted by atomic mass is 32.2. The molecule has 4 aromatic rings. The number of benzene rings is 1. The van der Waals surface area contributed by atoms with Crippen LogP contribution >= 0.6 is 11.8 Å². The number of nitrogens with one attached hydrogen (secondary N) is 1. The van der Waals surface area contributed by atoms with Gasteiger partial charge in [-0.2, -0.15) is 0 Å². The van der Waals surface area contributed by atoms with Gasteiger partial charge in [0.2, 0.25) is 5.91 Å². The molecule has 0 aliphatic rings. The van der Waals surface area contributed by atoms with Crippen molar-refractivity contribution in [3.63, 3.8) is 0 Å². The summed E-state index contributed by atoms with van der Waals surface area (Å²) in [6.07, 6.45) is 3.26. The number of furan rings is 1. The summed E-state index contributed by atoms with van der Waals surface area (Å²) in [5.74, 6) is 1.36. The quantitative estimate of drug-likeness (QED) is 0.546. The molecular weight excluding hydrogens is 350 g/mol. The largest absolute Gasteiger partial charge is 0.453 e. The molecular formula is C18H15N5O2S. The average molecular weight is 365 g/mol. The van der Waals surface area contributed by atoms with Crippen LogP contribution in [0.4, 0.5) is 5.69 Å². The van der Waals surface area contributed by atoms with Gasteiger partial charge >= 0.3 is 0 Å². The molecule has 0 saturated carbocycles. The van der Waals surface area contributed by atoms with Gasteiger partial charge in [-0.1, -0.05) is 30.0 Å². The van der Waals surface area contributed by atoms with Crippen molar-refractivity contribution in [1.82, 2.24) is 19.7 Å². The molecule has 0 bridgehead atoms. The van der Waals surface area contributed by atoms with Gasteiger partial charge in [-0.25, -0.2) is 0 Å². The fourth-order valence-electron chi connectivity index (χ4n) is 2.51. The Morgan fingerprint density at radius 1 is 1.23 bits per heavy atom. The molecule has 3 aromatic heterocycles. The van der Waals surface area contributed by atoms with E-state index in [2.05, 4.69) is 20.5 Å². The summed E-state index contributed by atoms with van der Waals surface area (Å²) in [6.45, 7) is 0. The van der Waals surface area contributed by atoms with Crippen molar-refractivity contribution in [2.75, 3.05) is 11.1 Å². The van der Waals surface area contributed by atoms with Gasteiger partial charge in [-0.15, -0.1) is 10.2 Å². The van der Waals surface area contributed by atoms with E-state index in [4.69, 9.17) is 4.42 Å². The van der Waals surface area contributed by atoms with Gasteiger partial charge < -0.3 is 14.3 Å². The lowest BCUT2D eigenvalue weighted by Crippen LogP contribution is -2.14. The van der Waals surface area contributed by atoms with E-state index in [0.717, 1.165) is 11.0 Å². The number of hydrogen-bond acceptors (Lipinski definition) is 6. The molecule has 26 heavy (non-hydrogen) atoms. The second kappa shape index (κ2) is 7.01. The Morgan fingerprint density at radius 3 is 2.92 bits per heavy atom. The molecule has 0 atom stereocenters. The third-order valence-electron chi connectivity index (χ3n) is 3.76. The maximum Gasteiger partial charge on any atom is 0.234 e. The van der Waals surface area contributed by atoms with Crippen molar-refractivity contribution in [2.24, 2.45) is 7.05 Å². The number of nitrogens with zero attached hydrogens (tertiary/aromatic N) is 4. The highest BCUT2D eigenvalue weighted by Crippen LogP contribution is 2.28. The van der Waals surface area contributed by atoms with E-state index in [1.54, 1.807) is 24.5 Å². The zero-order valence-electron chi connectivity index (χ0n) is 13.9. The molecule has 0 aliphatic heterocycles. The summed E-state index contributed by atoms with van der Waals surface area (Å²) in [5, 5.41) is 12.8. The van der Waals surface area contributed by atoms with Crippen LogP contribution in [-0.4, -0.2) is 31.4 Å². The zero-order valence-corrected chi connectivity index (χ0v) is 14.7. The Hall–Kier alpha value is -3.13. The predicted molar refractivity (Wildman–Crippen MR) is 99.8 cm³/mol. The molecule has 0 aliphatic carbocycles. The molecule has 0 unspecified atom stereocenters. The number of carbonyl (C=O) groups excluding carboxylic acids is 1. The van der Waals surface area contributed by atoms with Crippen molar-refractivity contribution in [3.8, 4) is 11.6 Å².